The Bertz CT molecular complexity index is 258. The van der Waals surface area contributed by atoms with Crippen molar-refractivity contribution in [2.45, 2.75) is 27.2 Å². The molecule has 0 aliphatic heterocycles. The predicted octanol–water partition coefficient (Wildman–Crippen LogP) is 1.92. The molecule has 0 aliphatic carbocycles. The molecule has 1 aromatic heterocycles. The summed E-state index contributed by atoms with van der Waals surface area (Å²) in [5.74, 6) is 0.914. The van der Waals surface area contributed by atoms with E-state index in [0.717, 1.165) is 30.2 Å². The van der Waals surface area contributed by atoms with E-state index < -0.39 is 0 Å². The summed E-state index contributed by atoms with van der Waals surface area (Å²) < 4.78 is 0. The minimum absolute atomic E-state index is 0.914. The topological polar surface area (TPSA) is 37.8 Å². The van der Waals surface area contributed by atoms with Crippen LogP contribution >= 0.6 is 0 Å². The summed E-state index contributed by atoms with van der Waals surface area (Å²) in [7, 11) is 0. The summed E-state index contributed by atoms with van der Waals surface area (Å²) in [5, 5.41) is 3.23. The van der Waals surface area contributed by atoms with Gasteiger partial charge in [-0.1, -0.05) is 6.92 Å². The highest BCUT2D eigenvalue weighted by atomic mass is 15.0. The second kappa shape index (κ2) is 4.04. The average Bonchev–Trinajstić information content (AvgIpc) is 2.07. The molecule has 0 fully saturated rings. The Labute approximate surface area is 73.2 Å². The first-order valence-corrected chi connectivity index (χ1v) is 4.28. The third-order valence-electron chi connectivity index (χ3n) is 1.62. The fourth-order valence-corrected chi connectivity index (χ4v) is 0.948. The van der Waals surface area contributed by atoms with Crippen molar-refractivity contribution in [3.8, 4) is 0 Å². The highest BCUT2D eigenvalue weighted by molar-refractivity contribution is 5.39. The number of aryl methyl sites for hydroxylation is 2. The van der Waals surface area contributed by atoms with Crippen molar-refractivity contribution in [1.29, 1.82) is 0 Å². The van der Waals surface area contributed by atoms with E-state index in [0.29, 0.717) is 0 Å². The van der Waals surface area contributed by atoms with E-state index in [9.17, 15) is 0 Å². The van der Waals surface area contributed by atoms with E-state index in [1.807, 2.05) is 13.8 Å². The van der Waals surface area contributed by atoms with Gasteiger partial charge in [-0.2, -0.15) is 0 Å². The molecule has 0 amide bonds. The lowest BCUT2D eigenvalue weighted by atomic mass is 10.4. The van der Waals surface area contributed by atoms with Gasteiger partial charge in [-0.25, -0.2) is 4.98 Å². The number of aromatic nitrogens is 2. The van der Waals surface area contributed by atoms with E-state index in [-0.39, 0.29) is 0 Å². The third-order valence-corrected chi connectivity index (χ3v) is 1.62. The standard InChI is InChI=1S/C9H15N3/c1-4-5-10-9-8(3)11-6-7(2)12-9/h6H,4-5H2,1-3H3,(H,10,12). The number of hydrogen-bond acceptors (Lipinski definition) is 3. The van der Waals surface area contributed by atoms with Crippen molar-refractivity contribution in [3.63, 3.8) is 0 Å². The molecule has 0 aliphatic rings. The van der Waals surface area contributed by atoms with Crippen molar-refractivity contribution in [1.82, 2.24) is 9.97 Å². The molecule has 3 heteroatoms. The number of hydrogen-bond donors (Lipinski definition) is 1. The largest absolute Gasteiger partial charge is 0.369 e. The zero-order chi connectivity index (χ0) is 8.97. The van der Waals surface area contributed by atoms with Gasteiger partial charge < -0.3 is 5.32 Å². The predicted molar refractivity (Wildman–Crippen MR) is 50.3 cm³/mol. The quantitative estimate of drug-likeness (QED) is 0.743. The van der Waals surface area contributed by atoms with Gasteiger partial charge in [0.15, 0.2) is 0 Å². The second-order valence-corrected chi connectivity index (χ2v) is 2.87. The molecular weight excluding hydrogens is 150 g/mol. The van der Waals surface area contributed by atoms with Crippen molar-refractivity contribution >= 4 is 5.82 Å². The molecular formula is C9H15N3. The minimum Gasteiger partial charge on any atom is -0.369 e. The van der Waals surface area contributed by atoms with Crippen LogP contribution in [0.4, 0.5) is 5.82 Å². The smallest absolute Gasteiger partial charge is 0.147 e. The molecule has 0 bridgehead atoms. The number of nitrogens with zero attached hydrogens (tertiary/aromatic N) is 2. The highest BCUT2D eigenvalue weighted by Gasteiger charge is 1.98. The van der Waals surface area contributed by atoms with Crippen molar-refractivity contribution in [2.24, 2.45) is 0 Å². The zero-order valence-corrected chi connectivity index (χ0v) is 7.89. The van der Waals surface area contributed by atoms with Gasteiger partial charge in [0, 0.05) is 12.7 Å². The molecule has 3 nitrogen and oxygen atoms in total. The van der Waals surface area contributed by atoms with Crippen LogP contribution in [0.2, 0.25) is 0 Å². The Morgan fingerprint density at radius 3 is 2.83 bits per heavy atom. The molecule has 1 aromatic rings. The number of rotatable bonds is 3. The maximum Gasteiger partial charge on any atom is 0.147 e. The monoisotopic (exact) mass is 165 g/mol. The van der Waals surface area contributed by atoms with Gasteiger partial charge in [0.05, 0.1) is 11.4 Å². The summed E-state index contributed by atoms with van der Waals surface area (Å²) in [6.07, 6.45) is 2.89. The Morgan fingerprint density at radius 2 is 2.17 bits per heavy atom. The lowest BCUT2D eigenvalue weighted by Crippen LogP contribution is -2.05. The van der Waals surface area contributed by atoms with Crippen LogP contribution in [0.5, 0.6) is 0 Å². The average molecular weight is 165 g/mol. The summed E-state index contributed by atoms with van der Waals surface area (Å²) in [6.45, 7) is 7.00. The Kier molecular flexibility index (Phi) is 3.02. The molecule has 1 heterocycles. The van der Waals surface area contributed by atoms with E-state index >= 15 is 0 Å². The lowest BCUT2D eigenvalue weighted by Gasteiger charge is -2.06. The fraction of sp³-hybridized carbons (Fsp3) is 0.556. The SMILES string of the molecule is CCCNc1nc(C)cnc1C. The van der Waals surface area contributed by atoms with Crippen molar-refractivity contribution in [2.75, 3.05) is 11.9 Å². The van der Waals surface area contributed by atoms with Crippen LogP contribution in [0.3, 0.4) is 0 Å². The third kappa shape index (κ3) is 2.19. The number of anilines is 1. The molecule has 0 unspecified atom stereocenters. The number of nitrogens with one attached hydrogen (secondary N) is 1. The summed E-state index contributed by atoms with van der Waals surface area (Å²) in [4.78, 5) is 8.54. The molecule has 1 rings (SSSR count). The van der Waals surface area contributed by atoms with Gasteiger partial charge >= 0.3 is 0 Å². The Hall–Kier alpha value is -1.12. The van der Waals surface area contributed by atoms with Crippen molar-refractivity contribution in [3.05, 3.63) is 17.6 Å². The molecule has 12 heavy (non-hydrogen) atoms. The Morgan fingerprint density at radius 1 is 1.42 bits per heavy atom. The normalized spacial score (nSPS) is 9.92. The van der Waals surface area contributed by atoms with Gasteiger partial charge in [-0.3, -0.25) is 4.98 Å². The molecule has 0 saturated heterocycles. The molecule has 0 aromatic carbocycles. The van der Waals surface area contributed by atoms with Gasteiger partial charge in [-0.05, 0) is 20.3 Å². The Balaban J connectivity index is 2.75. The molecule has 0 spiro atoms. The maximum atomic E-state index is 4.34. The summed E-state index contributed by atoms with van der Waals surface area (Å²) >= 11 is 0. The van der Waals surface area contributed by atoms with Crippen LogP contribution in [0.1, 0.15) is 24.7 Å². The van der Waals surface area contributed by atoms with E-state index in [4.69, 9.17) is 0 Å². The van der Waals surface area contributed by atoms with Crippen LogP contribution in [0.15, 0.2) is 6.20 Å². The van der Waals surface area contributed by atoms with E-state index in [2.05, 4.69) is 22.2 Å². The first-order chi connectivity index (χ1) is 5.74. The van der Waals surface area contributed by atoms with Gasteiger partial charge in [-0.15, -0.1) is 0 Å². The van der Waals surface area contributed by atoms with E-state index in [1.54, 1.807) is 6.20 Å². The summed E-state index contributed by atoms with van der Waals surface area (Å²) in [6, 6.07) is 0. The summed E-state index contributed by atoms with van der Waals surface area (Å²) in [5.41, 5.74) is 1.92. The van der Waals surface area contributed by atoms with Crippen LogP contribution < -0.4 is 5.32 Å². The van der Waals surface area contributed by atoms with Crippen LogP contribution in [-0.4, -0.2) is 16.5 Å². The van der Waals surface area contributed by atoms with Crippen LogP contribution in [0.25, 0.3) is 0 Å². The van der Waals surface area contributed by atoms with E-state index in [1.165, 1.54) is 0 Å². The first-order valence-electron chi connectivity index (χ1n) is 4.28. The minimum atomic E-state index is 0.914. The molecule has 0 saturated carbocycles. The molecule has 0 atom stereocenters. The first kappa shape index (κ1) is 8.97. The molecule has 1 N–H and O–H groups in total. The molecule has 66 valence electrons. The lowest BCUT2D eigenvalue weighted by molar-refractivity contribution is 0.948. The van der Waals surface area contributed by atoms with Crippen molar-refractivity contribution < 1.29 is 0 Å². The zero-order valence-electron chi connectivity index (χ0n) is 7.89. The highest BCUT2D eigenvalue weighted by Crippen LogP contribution is 2.07. The van der Waals surface area contributed by atoms with Crippen LogP contribution in [-0.2, 0) is 0 Å². The maximum absolute atomic E-state index is 4.34. The molecule has 0 radical (unpaired) electrons. The van der Waals surface area contributed by atoms with Gasteiger partial charge in [0.1, 0.15) is 5.82 Å². The second-order valence-electron chi connectivity index (χ2n) is 2.87. The fourth-order valence-electron chi connectivity index (χ4n) is 0.948. The van der Waals surface area contributed by atoms with Gasteiger partial charge in [0.25, 0.3) is 0 Å². The van der Waals surface area contributed by atoms with Gasteiger partial charge in [0.2, 0.25) is 0 Å². The van der Waals surface area contributed by atoms with Crippen LogP contribution in [0, 0.1) is 13.8 Å².